The van der Waals surface area contributed by atoms with Crippen LogP contribution in [0, 0.1) is 11.8 Å². The van der Waals surface area contributed by atoms with Crippen LogP contribution in [0.3, 0.4) is 0 Å². The predicted octanol–water partition coefficient (Wildman–Crippen LogP) is 1.68. The second-order valence-electron chi connectivity index (χ2n) is 6.51. The third kappa shape index (κ3) is 4.44. The highest BCUT2D eigenvalue weighted by Gasteiger charge is 2.32. The second-order valence-corrected chi connectivity index (χ2v) is 6.51. The van der Waals surface area contributed by atoms with Gasteiger partial charge in [0, 0.05) is 38.6 Å². The van der Waals surface area contributed by atoms with Gasteiger partial charge in [-0.3, -0.25) is 9.69 Å². The Morgan fingerprint density at radius 2 is 1.86 bits per heavy atom. The maximum absolute atomic E-state index is 12.4. The van der Waals surface area contributed by atoms with Gasteiger partial charge in [-0.2, -0.15) is 0 Å². The molecule has 0 aromatic heterocycles. The van der Waals surface area contributed by atoms with Gasteiger partial charge < -0.3 is 10.0 Å². The smallest absolute Gasteiger partial charge is 0.226 e. The number of carbonyl (C=O) groups excluding carboxylic acids is 1. The van der Waals surface area contributed by atoms with E-state index >= 15 is 0 Å². The van der Waals surface area contributed by atoms with E-state index in [0.29, 0.717) is 11.8 Å². The van der Waals surface area contributed by atoms with Gasteiger partial charge in [0.05, 0.1) is 6.10 Å². The number of aliphatic hydroxyl groups excluding tert-OH is 1. The first-order valence-electron chi connectivity index (χ1n) is 8.08. The summed E-state index contributed by atoms with van der Waals surface area (Å²) in [6.07, 6.45) is 9.53. The number of rotatable bonds is 4. The van der Waals surface area contributed by atoms with Crippen molar-refractivity contribution >= 4 is 18.3 Å². The summed E-state index contributed by atoms with van der Waals surface area (Å²) in [7, 11) is 0. The molecule has 21 heavy (non-hydrogen) atoms. The van der Waals surface area contributed by atoms with E-state index in [-0.39, 0.29) is 24.4 Å². The van der Waals surface area contributed by atoms with Crippen LogP contribution in [0.1, 0.15) is 32.1 Å². The molecular formula is C16H27ClN2O2. The van der Waals surface area contributed by atoms with Gasteiger partial charge in [0.2, 0.25) is 5.91 Å². The molecule has 2 fully saturated rings. The van der Waals surface area contributed by atoms with Crippen LogP contribution >= 0.6 is 12.4 Å². The van der Waals surface area contributed by atoms with Crippen LogP contribution in [0.25, 0.3) is 0 Å². The Bertz CT molecular complexity index is 376. The molecule has 1 amide bonds. The number of halogens is 1. The molecule has 2 aliphatic carbocycles. The summed E-state index contributed by atoms with van der Waals surface area (Å²) >= 11 is 0. The molecule has 2 atom stereocenters. The van der Waals surface area contributed by atoms with Crippen molar-refractivity contribution in [1.29, 1.82) is 0 Å². The zero-order valence-electron chi connectivity index (χ0n) is 12.6. The van der Waals surface area contributed by atoms with Gasteiger partial charge in [0.1, 0.15) is 0 Å². The number of carbonyl (C=O) groups is 1. The van der Waals surface area contributed by atoms with Crippen LogP contribution in [0.5, 0.6) is 0 Å². The van der Waals surface area contributed by atoms with Crippen molar-refractivity contribution in [2.24, 2.45) is 11.8 Å². The van der Waals surface area contributed by atoms with Crippen molar-refractivity contribution in [3.05, 3.63) is 12.2 Å². The molecule has 4 nitrogen and oxygen atoms in total. The summed E-state index contributed by atoms with van der Waals surface area (Å²) < 4.78 is 0. The van der Waals surface area contributed by atoms with Crippen LogP contribution in [-0.4, -0.2) is 59.6 Å². The maximum atomic E-state index is 12.4. The van der Waals surface area contributed by atoms with Crippen LogP contribution in [0.4, 0.5) is 0 Å². The topological polar surface area (TPSA) is 43.8 Å². The quantitative estimate of drug-likeness (QED) is 0.803. The molecule has 1 heterocycles. The van der Waals surface area contributed by atoms with Gasteiger partial charge in [-0.1, -0.05) is 12.2 Å². The van der Waals surface area contributed by atoms with E-state index in [1.807, 2.05) is 4.90 Å². The largest absolute Gasteiger partial charge is 0.392 e. The molecule has 2 unspecified atom stereocenters. The molecular weight excluding hydrogens is 288 g/mol. The van der Waals surface area contributed by atoms with E-state index in [4.69, 9.17) is 0 Å². The van der Waals surface area contributed by atoms with Crippen molar-refractivity contribution in [3.63, 3.8) is 0 Å². The lowest BCUT2D eigenvalue weighted by Crippen LogP contribution is -2.52. The lowest BCUT2D eigenvalue weighted by atomic mass is 9.93. The Balaban J connectivity index is 0.00000161. The van der Waals surface area contributed by atoms with Gasteiger partial charge >= 0.3 is 0 Å². The second kappa shape index (κ2) is 7.61. The van der Waals surface area contributed by atoms with E-state index in [1.165, 1.54) is 12.8 Å². The first-order valence-corrected chi connectivity index (χ1v) is 8.08. The molecule has 120 valence electrons. The van der Waals surface area contributed by atoms with Crippen LogP contribution in [-0.2, 0) is 4.79 Å². The Morgan fingerprint density at radius 3 is 2.43 bits per heavy atom. The van der Waals surface area contributed by atoms with Gasteiger partial charge in [-0.15, -0.1) is 12.4 Å². The zero-order valence-corrected chi connectivity index (χ0v) is 13.4. The van der Waals surface area contributed by atoms with Gasteiger partial charge in [-0.05, 0) is 38.0 Å². The molecule has 0 radical (unpaired) electrons. The summed E-state index contributed by atoms with van der Waals surface area (Å²) in [6.45, 7) is 4.28. The zero-order chi connectivity index (χ0) is 13.9. The van der Waals surface area contributed by atoms with E-state index < -0.39 is 0 Å². The molecule has 3 rings (SSSR count). The summed E-state index contributed by atoms with van der Waals surface area (Å²) in [5.74, 6) is 1.10. The van der Waals surface area contributed by atoms with E-state index in [0.717, 1.165) is 52.0 Å². The molecule has 0 bridgehead atoms. The fourth-order valence-electron chi connectivity index (χ4n) is 3.32. The Labute approximate surface area is 133 Å². The number of aliphatic hydroxyl groups is 1. The Hall–Kier alpha value is -0.580. The standard InChI is InChI=1S/C16H26N2O2.ClH/c19-15(13-6-7-13)12-17-8-10-18(11-9-17)16(20)14-4-2-1-3-5-14;/h1-2,13-15,19H,3-12H2;1H. The number of piperazine rings is 1. The normalized spacial score (nSPS) is 28.0. The van der Waals surface area contributed by atoms with Gasteiger partial charge in [0.15, 0.2) is 0 Å². The molecule has 0 aromatic rings. The number of allylic oxidation sites excluding steroid dienone is 2. The molecule has 0 aromatic carbocycles. The summed E-state index contributed by atoms with van der Waals surface area (Å²) in [6, 6.07) is 0. The van der Waals surface area contributed by atoms with Gasteiger partial charge in [-0.25, -0.2) is 0 Å². The van der Waals surface area contributed by atoms with Crippen LogP contribution in [0.15, 0.2) is 12.2 Å². The minimum atomic E-state index is -0.152. The predicted molar refractivity (Wildman–Crippen MR) is 85.5 cm³/mol. The van der Waals surface area contributed by atoms with Crippen molar-refractivity contribution in [2.75, 3.05) is 32.7 Å². The number of amides is 1. The third-order valence-corrected chi connectivity index (χ3v) is 4.91. The maximum Gasteiger partial charge on any atom is 0.226 e. The van der Waals surface area contributed by atoms with Crippen molar-refractivity contribution in [2.45, 2.75) is 38.2 Å². The van der Waals surface area contributed by atoms with Crippen molar-refractivity contribution in [3.8, 4) is 0 Å². The summed E-state index contributed by atoms with van der Waals surface area (Å²) in [4.78, 5) is 16.8. The molecule has 1 N–H and O–H groups in total. The molecule has 3 aliphatic rings. The van der Waals surface area contributed by atoms with E-state index in [9.17, 15) is 9.90 Å². The SMILES string of the molecule is Cl.O=C(C1CC=CCC1)N1CCN(CC(O)C2CC2)CC1. The first-order chi connectivity index (χ1) is 9.74. The molecule has 1 saturated heterocycles. The highest BCUT2D eigenvalue weighted by molar-refractivity contribution is 5.85. The van der Waals surface area contributed by atoms with Crippen molar-refractivity contribution in [1.82, 2.24) is 9.80 Å². The first kappa shape index (κ1) is 16.8. The molecule has 1 saturated carbocycles. The van der Waals surface area contributed by atoms with Crippen molar-refractivity contribution < 1.29 is 9.90 Å². The molecule has 5 heteroatoms. The summed E-state index contributed by atoms with van der Waals surface area (Å²) in [5, 5.41) is 9.99. The number of nitrogens with zero attached hydrogens (tertiary/aromatic N) is 2. The fraction of sp³-hybridized carbons (Fsp3) is 0.812. The van der Waals surface area contributed by atoms with Crippen LogP contribution < -0.4 is 0 Å². The minimum Gasteiger partial charge on any atom is -0.392 e. The number of hydrogen-bond donors (Lipinski definition) is 1. The monoisotopic (exact) mass is 314 g/mol. The number of hydrogen-bond acceptors (Lipinski definition) is 3. The van der Waals surface area contributed by atoms with Gasteiger partial charge in [0.25, 0.3) is 0 Å². The average Bonchev–Trinajstić information content (AvgIpc) is 3.33. The van der Waals surface area contributed by atoms with E-state index in [2.05, 4.69) is 17.1 Å². The number of β-amino-alcohol motifs (C(OH)–C–C–N with tert-alkyl or cyclic N) is 1. The van der Waals surface area contributed by atoms with Crippen LogP contribution in [0.2, 0.25) is 0 Å². The molecule has 1 aliphatic heterocycles. The third-order valence-electron chi connectivity index (χ3n) is 4.91. The fourth-order valence-corrected chi connectivity index (χ4v) is 3.32. The lowest BCUT2D eigenvalue weighted by molar-refractivity contribution is -0.137. The average molecular weight is 315 g/mol. The Morgan fingerprint density at radius 1 is 1.14 bits per heavy atom. The minimum absolute atomic E-state index is 0. The molecule has 0 spiro atoms. The summed E-state index contributed by atoms with van der Waals surface area (Å²) in [5.41, 5.74) is 0. The lowest BCUT2D eigenvalue weighted by Gasteiger charge is -2.37. The van der Waals surface area contributed by atoms with E-state index in [1.54, 1.807) is 0 Å². The highest BCUT2D eigenvalue weighted by Crippen LogP contribution is 2.33. The Kier molecular flexibility index (Phi) is 6.08. The highest BCUT2D eigenvalue weighted by atomic mass is 35.5.